The Balaban J connectivity index is 3.23. The molecule has 0 aromatic carbocycles. The molecular formula is C20H39NO2S. The molecule has 142 valence electrons. The summed E-state index contributed by atoms with van der Waals surface area (Å²) in [6, 6.07) is 0. The Hall–Kier alpha value is -0.510. The number of thiol groups is 1. The van der Waals surface area contributed by atoms with E-state index in [4.69, 9.17) is 0 Å². The van der Waals surface area contributed by atoms with Gasteiger partial charge in [-0.25, -0.2) is 0 Å². The molecule has 0 heterocycles. The zero-order valence-corrected chi connectivity index (χ0v) is 16.9. The topological polar surface area (TPSA) is 37.4 Å². The van der Waals surface area contributed by atoms with Crippen molar-refractivity contribution in [1.82, 2.24) is 4.90 Å². The fourth-order valence-corrected chi connectivity index (χ4v) is 3.27. The van der Waals surface area contributed by atoms with E-state index in [9.17, 15) is 9.59 Å². The van der Waals surface area contributed by atoms with Crippen molar-refractivity contribution in [3.8, 4) is 0 Å². The number of carbonyl (C=O) groups is 2. The quantitative estimate of drug-likeness (QED) is 0.245. The van der Waals surface area contributed by atoms with Crippen molar-refractivity contribution in [3.05, 3.63) is 0 Å². The maximum atomic E-state index is 11.2. The normalized spacial score (nSPS) is 10.8. The van der Waals surface area contributed by atoms with Crippen LogP contribution in [0.15, 0.2) is 0 Å². The summed E-state index contributed by atoms with van der Waals surface area (Å²) in [4.78, 5) is 23.6. The van der Waals surface area contributed by atoms with Crippen LogP contribution >= 0.6 is 12.6 Å². The zero-order chi connectivity index (χ0) is 18.0. The van der Waals surface area contributed by atoms with Crippen LogP contribution in [0.4, 0.5) is 4.79 Å². The molecular weight excluding hydrogens is 318 g/mol. The molecule has 2 amide bonds. The first kappa shape index (κ1) is 23.5. The van der Waals surface area contributed by atoms with Crippen LogP contribution in [0.25, 0.3) is 0 Å². The molecule has 0 bridgehead atoms. The molecule has 0 unspecified atom stereocenters. The van der Waals surface area contributed by atoms with Crippen molar-refractivity contribution in [2.75, 3.05) is 6.54 Å². The van der Waals surface area contributed by atoms with Crippen LogP contribution in [0.5, 0.6) is 0 Å². The van der Waals surface area contributed by atoms with Crippen molar-refractivity contribution in [2.45, 2.75) is 110 Å². The molecule has 0 aliphatic carbocycles. The minimum Gasteiger partial charge on any atom is -0.275 e. The van der Waals surface area contributed by atoms with Gasteiger partial charge in [0.2, 0.25) is 5.91 Å². The lowest BCUT2D eigenvalue weighted by molar-refractivity contribution is -0.125. The fourth-order valence-electron chi connectivity index (χ4n) is 3.03. The van der Waals surface area contributed by atoms with Crippen LogP contribution in [0.2, 0.25) is 0 Å². The van der Waals surface area contributed by atoms with Crippen LogP contribution in [-0.4, -0.2) is 22.6 Å². The molecule has 0 aromatic rings. The molecule has 0 N–H and O–H groups in total. The minimum absolute atomic E-state index is 0.208. The van der Waals surface area contributed by atoms with Crippen molar-refractivity contribution < 1.29 is 9.59 Å². The fraction of sp³-hybridized carbons (Fsp3) is 0.900. The largest absolute Gasteiger partial charge is 0.285 e. The summed E-state index contributed by atoms with van der Waals surface area (Å²) in [7, 11) is 0. The van der Waals surface area contributed by atoms with E-state index in [1.165, 1.54) is 95.3 Å². The molecule has 0 rings (SSSR count). The van der Waals surface area contributed by atoms with Crippen LogP contribution in [-0.2, 0) is 4.79 Å². The van der Waals surface area contributed by atoms with Crippen molar-refractivity contribution >= 4 is 23.8 Å². The molecule has 0 aliphatic heterocycles. The summed E-state index contributed by atoms with van der Waals surface area (Å²) in [5, 5.41) is -0.437. The van der Waals surface area contributed by atoms with Crippen LogP contribution < -0.4 is 0 Å². The summed E-state index contributed by atoms with van der Waals surface area (Å²) in [5.41, 5.74) is 0. The Labute approximate surface area is 155 Å². The highest BCUT2D eigenvalue weighted by Gasteiger charge is 2.12. The predicted molar refractivity (Wildman–Crippen MR) is 107 cm³/mol. The van der Waals surface area contributed by atoms with Gasteiger partial charge in [0.15, 0.2) is 0 Å². The zero-order valence-electron chi connectivity index (χ0n) is 16.0. The van der Waals surface area contributed by atoms with E-state index in [2.05, 4.69) is 19.6 Å². The second-order valence-electron chi connectivity index (χ2n) is 6.90. The number of hydrogen-bond donors (Lipinski definition) is 1. The second-order valence-corrected chi connectivity index (χ2v) is 7.29. The first-order chi connectivity index (χ1) is 11.6. The average molecular weight is 358 g/mol. The highest BCUT2D eigenvalue weighted by Crippen LogP contribution is 2.13. The first-order valence-corrected chi connectivity index (χ1v) is 10.5. The van der Waals surface area contributed by atoms with Crippen LogP contribution in [0.3, 0.4) is 0 Å². The lowest BCUT2D eigenvalue weighted by atomic mass is 10.0. The molecule has 0 saturated heterocycles. The molecule has 0 radical (unpaired) electrons. The van der Waals surface area contributed by atoms with Gasteiger partial charge in [0.25, 0.3) is 5.24 Å². The van der Waals surface area contributed by atoms with Gasteiger partial charge in [-0.3, -0.25) is 14.5 Å². The van der Waals surface area contributed by atoms with Gasteiger partial charge >= 0.3 is 0 Å². The summed E-state index contributed by atoms with van der Waals surface area (Å²) < 4.78 is 0. The highest BCUT2D eigenvalue weighted by molar-refractivity contribution is 7.96. The highest BCUT2D eigenvalue weighted by atomic mass is 32.1. The van der Waals surface area contributed by atoms with Gasteiger partial charge in [-0.05, 0) is 6.42 Å². The summed E-state index contributed by atoms with van der Waals surface area (Å²) >= 11 is 3.73. The first-order valence-electron chi connectivity index (χ1n) is 10.1. The number of imide groups is 1. The van der Waals surface area contributed by atoms with Gasteiger partial charge in [0.1, 0.15) is 0 Å². The molecule has 3 nitrogen and oxygen atoms in total. The van der Waals surface area contributed by atoms with E-state index in [0.29, 0.717) is 6.54 Å². The standard InChI is InChI=1S/C20H39NO2S/c1-3-4-5-6-7-8-9-10-11-12-13-14-15-16-17-18-21(19(2)22)20(23)24/h3-18H2,1-2H3,(H,23,24). The van der Waals surface area contributed by atoms with E-state index < -0.39 is 5.24 Å². The number of carbonyl (C=O) groups excluding carboxylic acids is 2. The molecule has 0 fully saturated rings. The van der Waals surface area contributed by atoms with E-state index in [-0.39, 0.29) is 5.91 Å². The monoisotopic (exact) mass is 357 g/mol. The smallest absolute Gasteiger partial charge is 0.275 e. The molecule has 24 heavy (non-hydrogen) atoms. The lowest BCUT2D eigenvalue weighted by Gasteiger charge is -2.15. The molecule has 0 aromatic heterocycles. The maximum absolute atomic E-state index is 11.2. The van der Waals surface area contributed by atoms with E-state index in [0.717, 1.165) is 12.8 Å². The van der Waals surface area contributed by atoms with Gasteiger partial charge in [0, 0.05) is 13.5 Å². The van der Waals surface area contributed by atoms with Crippen molar-refractivity contribution in [2.24, 2.45) is 0 Å². The SMILES string of the molecule is CCCCCCCCCCCCCCCCCN(C(C)=O)C(=O)S. The third kappa shape index (κ3) is 15.0. The van der Waals surface area contributed by atoms with Gasteiger partial charge < -0.3 is 0 Å². The molecule has 0 saturated carbocycles. The summed E-state index contributed by atoms with van der Waals surface area (Å²) in [6.45, 7) is 4.19. The third-order valence-electron chi connectivity index (χ3n) is 4.60. The summed E-state index contributed by atoms with van der Waals surface area (Å²) in [6.07, 6.45) is 19.7. The Morgan fingerprint density at radius 3 is 1.29 bits per heavy atom. The number of unbranched alkanes of at least 4 members (excludes halogenated alkanes) is 14. The second kappa shape index (κ2) is 17.3. The number of amides is 2. The number of rotatable bonds is 16. The average Bonchev–Trinajstić information content (AvgIpc) is 2.53. The van der Waals surface area contributed by atoms with E-state index in [1.807, 2.05) is 0 Å². The molecule has 0 spiro atoms. The van der Waals surface area contributed by atoms with Crippen molar-refractivity contribution in [3.63, 3.8) is 0 Å². The van der Waals surface area contributed by atoms with E-state index in [1.54, 1.807) is 0 Å². The van der Waals surface area contributed by atoms with E-state index >= 15 is 0 Å². The molecule has 0 atom stereocenters. The molecule has 0 aliphatic rings. The van der Waals surface area contributed by atoms with Gasteiger partial charge in [0.05, 0.1) is 0 Å². The van der Waals surface area contributed by atoms with Crippen molar-refractivity contribution in [1.29, 1.82) is 0 Å². The third-order valence-corrected chi connectivity index (χ3v) is 4.84. The minimum atomic E-state index is -0.437. The Morgan fingerprint density at radius 2 is 1.00 bits per heavy atom. The summed E-state index contributed by atoms with van der Waals surface area (Å²) in [5.74, 6) is -0.208. The number of nitrogens with zero attached hydrogens (tertiary/aromatic N) is 1. The van der Waals surface area contributed by atoms with Crippen LogP contribution in [0.1, 0.15) is 110 Å². The Morgan fingerprint density at radius 1 is 0.667 bits per heavy atom. The Bertz CT molecular complexity index is 307. The van der Waals surface area contributed by atoms with Crippen LogP contribution in [0, 0.1) is 0 Å². The Kier molecular flexibility index (Phi) is 16.9. The van der Waals surface area contributed by atoms with Gasteiger partial charge in [-0.15, -0.1) is 0 Å². The van der Waals surface area contributed by atoms with Gasteiger partial charge in [-0.1, -0.05) is 109 Å². The van der Waals surface area contributed by atoms with Gasteiger partial charge in [-0.2, -0.15) is 0 Å². The predicted octanol–water partition coefficient (Wildman–Crippen LogP) is 6.76. The number of hydrogen-bond acceptors (Lipinski definition) is 2. The molecule has 4 heteroatoms. The lowest BCUT2D eigenvalue weighted by Crippen LogP contribution is -2.31. The maximum Gasteiger partial charge on any atom is 0.285 e.